The number of nitrogens with one attached hydrogen (secondary N) is 1. The van der Waals surface area contributed by atoms with Gasteiger partial charge < -0.3 is 5.32 Å². The number of rotatable bonds is 4. The van der Waals surface area contributed by atoms with Crippen LogP contribution >= 0.6 is 15.9 Å². The molecule has 34 heavy (non-hydrogen) atoms. The van der Waals surface area contributed by atoms with Crippen LogP contribution in [0.5, 0.6) is 0 Å². The third kappa shape index (κ3) is 4.10. The monoisotopic (exact) mass is 522 g/mol. The van der Waals surface area contributed by atoms with Gasteiger partial charge in [0.25, 0.3) is 5.91 Å². The second kappa shape index (κ2) is 9.23. The van der Waals surface area contributed by atoms with Crippen molar-refractivity contribution >= 4 is 38.4 Å². The Morgan fingerprint density at radius 1 is 1.24 bits per heavy atom. The molecular weight excluding hydrogens is 499 g/mol. The molecule has 0 radical (unpaired) electrons. The average Bonchev–Trinajstić information content (AvgIpc) is 3.18. The topological polar surface area (TPSA) is 75.9 Å². The number of aryl methyl sites for hydroxylation is 2. The first-order valence-corrected chi connectivity index (χ1v) is 12.0. The molecule has 0 saturated carbocycles. The summed E-state index contributed by atoms with van der Waals surface area (Å²) in [4.78, 5) is 21.6. The molecule has 0 bridgehead atoms. The lowest BCUT2D eigenvalue weighted by Crippen LogP contribution is -2.49. The first kappa shape index (κ1) is 22.6. The van der Waals surface area contributed by atoms with Crippen LogP contribution < -0.4 is 10.2 Å². The average molecular weight is 523 g/mol. The van der Waals surface area contributed by atoms with Gasteiger partial charge in [0.2, 0.25) is 0 Å². The molecule has 5 rings (SSSR count). The Labute approximate surface area is 205 Å². The first-order chi connectivity index (χ1) is 16.4. The van der Waals surface area contributed by atoms with Crippen LogP contribution in [0, 0.1) is 12.7 Å². The van der Waals surface area contributed by atoms with Gasteiger partial charge in [0.05, 0.1) is 11.6 Å². The molecule has 9 heteroatoms. The second-order valence-corrected chi connectivity index (χ2v) is 9.26. The van der Waals surface area contributed by atoms with Crippen LogP contribution in [0.2, 0.25) is 0 Å². The van der Waals surface area contributed by atoms with Crippen molar-refractivity contribution in [2.24, 2.45) is 7.05 Å². The Kier molecular flexibility index (Phi) is 6.14. The number of amides is 1. The molecule has 3 heterocycles. The summed E-state index contributed by atoms with van der Waals surface area (Å²) in [6, 6.07) is 12.3. The molecule has 174 valence electrons. The van der Waals surface area contributed by atoms with Crippen molar-refractivity contribution in [1.82, 2.24) is 25.3 Å². The molecule has 4 aromatic rings. The van der Waals surface area contributed by atoms with Crippen molar-refractivity contribution in [1.29, 1.82) is 0 Å². The van der Waals surface area contributed by atoms with E-state index in [9.17, 15) is 4.79 Å². The molecule has 2 aromatic heterocycles. The van der Waals surface area contributed by atoms with E-state index in [0.717, 1.165) is 35.7 Å². The Morgan fingerprint density at radius 3 is 2.79 bits per heavy atom. The molecule has 0 spiro atoms. The van der Waals surface area contributed by atoms with Gasteiger partial charge in [-0.3, -0.25) is 9.69 Å². The maximum Gasteiger partial charge on any atom is 0.262 e. The zero-order valence-electron chi connectivity index (χ0n) is 18.9. The molecular formula is C25H24BrFN6O. The van der Waals surface area contributed by atoms with Crippen LogP contribution in [-0.4, -0.2) is 45.0 Å². The number of hydrogen-bond acceptors (Lipinski definition) is 5. The molecule has 2 aromatic carbocycles. The fourth-order valence-electron chi connectivity index (χ4n) is 4.58. The minimum Gasteiger partial charge on any atom is -0.315 e. The SMILES string of the molecule is Cc1cccc2ccnc(N(C(=O)c3ccc(-c4nn(C)nc4Br)cc3F)[C@@H]3CCCNC3)c12. The lowest BCUT2D eigenvalue weighted by molar-refractivity contribution is 0.0968. The molecule has 1 fully saturated rings. The Hall–Kier alpha value is -3.17. The smallest absolute Gasteiger partial charge is 0.262 e. The van der Waals surface area contributed by atoms with Crippen LogP contribution in [0.3, 0.4) is 0 Å². The Morgan fingerprint density at radius 2 is 2.09 bits per heavy atom. The summed E-state index contributed by atoms with van der Waals surface area (Å²) >= 11 is 3.35. The second-order valence-electron chi connectivity index (χ2n) is 8.51. The zero-order valence-corrected chi connectivity index (χ0v) is 20.5. The minimum atomic E-state index is -0.606. The van der Waals surface area contributed by atoms with E-state index in [1.54, 1.807) is 24.2 Å². The van der Waals surface area contributed by atoms with Gasteiger partial charge in [0.1, 0.15) is 17.3 Å². The van der Waals surface area contributed by atoms with Gasteiger partial charge in [0.15, 0.2) is 4.60 Å². The van der Waals surface area contributed by atoms with Crippen molar-refractivity contribution in [3.05, 3.63) is 70.2 Å². The number of nitrogens with zero attached hydrogens (tertiary/aromatic N) is 5. The van der Waals surface area contributed by atoms with E-state index < -0.39 is 11.7 Å². The largest absolute Gasteiger partial charge is 0.315 e. The van der Waals surface area contributed by atoms with Crippen molar-refractivity contribution in [2.75, 3.05) is 18.0 Å². The fraction of sp³-hybridized carbons (Fsp3) is 0.280. The molecule has 1 aliphatic heterocycles. The van der Waals surface area contributed by atoms with E-state index in [0.29, 0.717) is 28.2 Å². The van der Waals surface area contributed by atoms with Crippen LogP contribution in [0.4, 0.5) is 10.2 Å². The highest BCUT2D eigenvalue weighted by Crippen LogP contribution is 2.32. The number of fused-ring (bicyclic) bond motifs is 1. The van der Waals surface area contributed by atoms with Crippen molar-refractivity contribution in [2.45, 2.75) is 25.8 Å². The molecule has 1 atom stereocenters. The van der Waals surface area contributed by atoms with Crippen molar-refractivity contribution in [3.8, 4) is 11.3 Å². The summed E-state index contributed by atoms with van der Waals surface area (Å²) < 4.78 is 15.9. The molecule has 1 aliphatic rings. The summed E-state index contributed by atoms with van der Waals surface area (Å²) in [5, 5.41) is 13.7. The predicted molar refractivity (Wildman–Crippen MR) is 133 cm³/mol. The van der Waals surface area contributed by atoms with E-state index in [2.05, 4.69) is 36.4 Å². The van der Waals surface area contributed by atoms with Gasteiger partial charge in [-0.15, -0.1) is 5.10 Å². The van der Waals surface area contributed by atoms with E-state index in [-0.39, 0.29) is 11.6 Å². The summed E-state index contributed by atoms with van der Waals surface area (Å²) in [7, 11) is 1.69. The fourth-order valence-corrected chi connectivity index (χ4v) is 5.12. The molecule has 1 N–H and O–H groups in total. The van der Waals surface area contributed by atoms with Crippen LogP contribution in [0.25, 0.3) is 22.0 Å². The van der Waals surface area contributed by atoms with Crippen LogP contribution in [-0.2, 0) is 7.05 Å². The number of carbonyl (C=O) groups excluding carboxylic acids is 1. The van der Waals surface area contributed by atoms with E-state index in [1.807, 2.05) is 31.2 Å². The predicted octanol–water partition coefficient (Wildman–Crippen LogP) is 4.64. The summed E-state index contributed by atoms with van der Waals surface area (Å²) in [5.41, 5.74) is 2.08. The lowest BCUT2D eigenvalue weighted by atomic mass is 10.0. The highest BCUT2D eigenvalue weighted by atomic mass is 79.9. The van der Waals surface area contributed by atoms with Gasteiger partial charge in [0, 0.05) is 30.7 Å². The maximum absolute atomic E-state index is 15.4. The normalized spacial score (nSPS) is 16.1. The molecule has 0 aliphatic carbocycles. The van der Waals surface area contributed by atoms with E-state index >= 15 is 4.39 Å². The van der Waals surface area contributed by atoms with E-state index in [4.69, 9.17) is 0 Å². The number of pyridine rings is 1. The number of benzene rings is 2. The zero-order chi connectivity index (χ0) is 23.8. The number of hydrogen-bond donors (Lipinski definition) is 1. The van der Waals surface area contributed by atoms with Crippen molar-refractivity contribution < 1.29 is 9.18 Å². The van der Waals surface area contributed by atoms with Gasteiger partial charge in [-0.25, -0.2) is 9.37 Å². The van der Waals surface area contributed by atoms with Gasteiger partial charge in [-0.1, -0.05) is 24.3 Å². The Bertz CT molecular complexity index is 1380. The number of halogens is 2. The van der Waals surface area contributed by atoms with E-state index in [1.165, 1.54) is 16.9 Å². The number of anilines is 1. The number of piperidine rings is 1. The Balaban J connectivity index is 1.61. The molecule has 0 unspecified atom stereocenters. The molecule has 1 saturated heterocycles. The minimum absolute atomic E-state index is 0.00160. The molecule has 7 nitrogen and oxygen atoms in total. The summed E-state index contributed by atoms with van der Waals surface area (Å²) in [6.45, 7) is 3.53. The van der Waals surface area contributed by atoms with Gasteiger partial charge in [-0.05, 0) is 71.4 Å². The highest BCUT2D eigenvalue weighted by Gasteiger charge is 2.32. The number of aromatic nitrogens is 4. The van der Waals surface area contributed by atoms with Gasteiger partial charge in [-0.2, -0.15) is 9.90 Å². The standard InChI is InChI=1S/C25H24BrFN6O/c1-15-5-3-6-16-10-12-29-24(21(15)16)33(18-7-4-11-28-14-18)25(34)19-9-8-17(13-20(19)27)22-23(26)31-32(2)30-22/h3,5-6,8-10,12-13,18,28H,4,7,11,14H2,1-2H3/t18-/m1/s1. The van der Waals surface area contributed by atoms with Crippen molar-refractivity contribution in [3.63, 3.8) is 0 Å². The highest BCUT2D eigenvalue weighted by molar-refractivity contribution is 9.10. The third-order valence-electron chi connectivity index (χ3n) is 6.21. The van der Waals surface area contributed by atoms with Crippen LogP contribution in [0.15, 0.2) is 53.3 Å². The van der Waals surface area contributed by atoms with Crippen LogP contribution in [0.1, 0.15) is 28.8 Å². The number of carbonyl (C=O) groups is 1. The maximum atomic E-state index is 15.4. The first-order valence-electron chi connectivity index (χ1n) is 11.2. The summed E-state index contributed by atoms with van der Waals surface area (Å²) in [5.74, 6) is -0.445. The molecule has 1 amide bonds. The van der Waals surface area contributed by atoms with Gasteiger partial charge >= 0.3 is 0 Å². The summed E-state index contributed by atoms with van der Waals surface area (Å²) in [6.07, 6.45) is 3.45. The third-order valence-corrected chi connectivity index (χ3v) is 6.74. The lowest BCUT2D eigenvalue weighted by Gasteiger charge is -2.35. The quantitative estimate of drug-likeness (QED) is 0.422.